The minimum Gasteiger partial charge on any atom is -0.378 e. The fraction of sp³-hybridized carbons (Fsp3) is 0.909. The van der Waals surface area contributed by atoms with Gasteiger partial charge in [0.1, 0.15) is 0 Å². The normalized spacial score (nSPS) is 32.3. The Labute approximate surface area is 90.8 Å². The van der Waals surface area contributed by atoms with Gasteiger partial charge in [0.25, 0.3) is 0 Å². The first-order chi connectivity index (χ1) is 7.25. The smallest absolute Gasteiger partial charge is 0.224 e. The van der Waals surface area contributed by atoms with Crippen LogP contribution in [0, 0.1) is 0 Å². The van der Waals surface area contributed by atoms with Crippen molar-refractivity contribution >= 4 is 5.91 Å². The topological polar surface area (TPSA) is 55.6 Å². The molecule has 2 saturated heterocycles. The number of amides is 1. The van der Waals surface area contributed by atoms with E-state index in [1.165, 1.54) is 12.8 Å². The summed E-state index contributed by atoms with van der Waals surface area (Å²) in [5.74, 6) is 0.207. The number of carbonyl (C=O) groups is 1. The van der Waals surface area contributed by atoms with E-state index < -0.39 is 0 Å². The Kier molecular flexibility index (Phi) is 3.59. The van der Waals surface area contributed by atoms with Crippen molar-refractivity contribution in [1.82, 2.24) is 4.90 Å². The average molecular weight is 212 g/mol. The third-order valence-electron chi connectivity index (χ3n) is 3.24. The molecule has 4 heteroatoms. The molecule has 2 heterocycles. The van der Waals surface area contributed by atoms with Gasteiger partial charge in [0.05, 0.1) is 6.10 Å². The van der Waals surface area contributed by atoms with Crippen molar-refractivity contribution in [2.45, 2.75) is 44.2 Å². The lowest BCUT2D eigenvalue weighted by molar-refractivity contribution is -0.128. The first-order valence-corrected chi connectivity index (χ1v) is 5.90. The van der Waals surface area contributed by atoms with Crippen LogP contribution in [0.3, 0.4) is 0 Å². The van der Waals surface area contributed by atoms with Crippen molar-refractivity contribution in [3.05, 3.63) is 0 Å². The molecule has 2 aliphatic heterocycles. The molecular formula is C11H20N2O2. The standard InChI is InChI=1S/C11H20N2O2/c12-9-7-11(14)13(8-9)5-4-10-3-1-2-6-15-10/h9-10H,1-8,12H2. The summed E-state index contributed by atoms with van der Waals surface area (Å²) in [6.07, 6.45) is 5.45. The van der Waals surface area contributed by atoms with Crippen LogP contribution in [0.4, 0.5) is 0 Å². The van der Waals surface area contributed by atoms with Crippen LogP contribution >= 0.6 is 0 Å². The van der Waals surface area contributed by atoms with Crippen molar-refractivity contribution in [3.8, 4) is 0 Å². The first-order valence-electron chi connectivity index (χ1n) is 5.90. The fourth-order valence-electron chi connectivity index (χ4n) is 2.35. The molecule has 0 radical (unpaired) electrons. The molecule has 15 heavy (non-hydrogen) atoms. The number of carbonyl (C=O) groups excluding carboxylic acids is 1. The maximum Gasteiger partial charge on any atom is 0.224 e. The molecular weight excluding hydrogens is 192 g/mol. The summed E-state index contributed by atoms with van der Waals surface area (Å²) in [5.41, 5.74) is 5.73. The molecule has 86 valence electrons. The quantitative estimate of drug-likeness (QED) is 0.741. The Morgan fingerprint density at radius 3 is 2.93 bits per heavy atom. The number of hydrogen-bond donors (Lipinski definition) is 1. The van der Waals surface area contributed by atoms with Gasteiger partial charge in [0, 0.05) is 32.2 Å². The van der Waals surface area contributed by atoms with Crippen molar-refractivity contribution in [3.63, 3.8) is 0 Å². The van der Waals surface area contributed by atoms with Crippen LogP contribution in [0.5, 0.6) is 0 Å². The van der Waals surface area contributed by atoms with Gasteiger partial charge < -0.3 is 15.4 Å². The highest BCUT2D eigenvalue weighted by atomic mass is 16.5. The second-order valence-electron chi connectivity index (χ2n) is 4.58. The highest BCUT2D eigenvalue weighted by Crippen LogP contribution is 2.17. The van der Waals surface area contributed by atoms with Crippen LogP contribution in [-0.2, 0) is 9.53 Å². The van der Waals surface area contributed by atoms with Crippen molar-refractivity contribution in [2.24, 2.45) is 5.73 Å². The molecule has 2 atom stereocenters. The summed E-state index contributed by atoms with van der Waals surface area (Å²) >= 11 is 0. The predicted octanol–water partition coefficient (Wildman–Crippen LogP) is 0.505. The molecule has 2 aliphatic rings. The van der Waals surface area contributed by atoms with Crippen LogP contribution < -0.4 is 5.73 Å². The highest BCUT2D eigenvalue weighted by Gasteiger charge is 2.27. The predicted molar refractivity (Wildman–Crippen MR) is 57.4 cm³/mol. The van der Waals surface area contributed by atoms with Gasteiger partial charge in [0.15, 0.2) is 0 Å². The van der Waals surface area contributed by atoms with Crippen LogP contribution in [0.1, 0.15) is 32.1 Å². The molecule has 0 spiro atoms. The van der Waals surface area contributed by atoms with Gasteiger partial charge in [-0.15, -0.1) is 0 Å². The molecule has 0 aromatic heterocycles. The van der Waals surface area contributed by atoms with E-state index in [1.54, 1.807) is 0 Å². The lowest BCUT2D eigenvalue weighted by Crippen LogP contribution is -2.32. The summed E-state index contributed by atoms with van der Waals surface area (Å²) in [4.78, 5) is 13.3. The zero-order chi connectivity index (χ0) is 10.7. The van der Waals surface area contributed by atoms with E-state index in [4.69, 9.17) is 10.5 Å². The number of hydrogen-bond acceptors (Lipinski definition) is 3. The van der Waals surface area contributed by atoms with Gasteiger partial charge >= 0.3 is 0 Å². The van der Waals surface area contributed by atoms with Crippen LogP contribution in [0.2, 0.25) is 0 Å². The Balaban J connectivity index is 1.70. The number of nitrogens with two attached hydrogens (primary N) is 1. The summed E-state index contributed by atoms with van der Waals surface area (Å²) in [6.45, 7) is 2.43. The molecule has 2 N–H and O–H groups in total. The second kappa shape index (κ2) is 4.94. The summed E-state index contributed by atoms with van der Waals surface area (Å²) < 4.78 is 5.63. The molecule has 1 amide bonds. The highest BCUT2D eigenvalue weighted by molar-refractivity contribution is 5.79. The average Bonchev–Trinajstić information content (AvgIpc) is 2.56. The SMILES string of the molecule is NC1CC(=O)N(CCC2CCCCO2)C1. The van der Waals surface area contributed by atoms with Crippen LogP contribution in [0.15, 0.2) is 0 Å². The lowest BCUT2D eigenvalue weighted by atomic mass is 10.1. The maximum atomic E-state index is 11.5. The third-order valence-corrected chi connectivity index (χ3v) is 3.24. The Morgan fingerprint density at radius 1 is 1.47 bits per heavy atom. The summed E-state index contributed by atoms with van der Waals surface area (Å²) in [6, 6.07) is 0.0461. The molecule has 2 unspecified atom stereocenters. The monoisotopic (exact) mass is 212 g/mol. The van der Waals surface area contributed by atoms with Crippen molar-refractivity contribution in [2.75, 3.05) is 19.7 Å². The number of rotatable bonds is 3. The van der Waals surface area contributed by atoms with E-state index >= 15 is 0 Å². The largest absolute Gasteiger partial charge is 0.378 e. The Bertz CT molecular complexity index is 227. The lowest BCUT2D eigenvalue weighted by Gasteiger charge is -2.25. The van der Waals surface area contributed by atoms with Gasteiger partial charge in [-0.25, -0.2) is 0 Å². The minimum absolute atomic E-state index is 0.0461. The number of likely N-dealkylation sites (tertiary alicyclic amines) is 1. The molecule has 2 rings (SSSR count). The van der Waals surface area contributed by atoms with Gasteiger partial charge in [-0.3, -0.25) is 4.79 Å². The van der Waals surface area contributed by atoms with E-state index in [2.05, 4.69) is 0 Å². The number of nitrogens with zero attached hydrogens (tertiary/aromatic N) is 1. The summed E-state index contributed by atoms with van der Waals surface area (Å²) in [7, 11) is 0. The molecule has 4 nitrogen and oxygen atoms in total. The van der Waals surface area contributed by atoms with Crippen molar-refractivity contribution in [1.29, 1.82) is 0 Å². The first kappa shape index (κ1) is 10.9. The molecule has 0 aromatic rings. The van der Waals surface area contributed by atoms with E-state index in [0.717, 1.165) is 32.5 Å². The summed E-state index contributed by atoms with van der Waals surface area (Å²) in [5, 5.41) is 0. The number of ether oxygens (including phenoxy) is 1. The zero-order valence-electron chi connectivity index (χ0n) is 9.15. The van der Waals surface area contributed by atoms with E-state index in [-0.39, 0.29) is 11.9 Å². The second-order valence-corrected chi connectivity index (χ2v) is 4.58. The Morgan fingerprint density at radius 2 is 2.33 bits per heavy atom. The third kappa shape index (κ3) is 2.92. The minimum atomic E-state index is 0.0461. The van der Waals surface area contributed by atoms with Gasteiger partial charge in [-0.05, 0) is 25.7 Å². The van der Waals surface area contributed by atoms with Gasteiger partial charge in [0.2, 0.25) is 5.91 Å². The molecule has 0 saturated carbocycles. The van der Waals surface area contributed by atoms with Crippen LogP contribution in [0.25, 0.3) is 0 Å². The van der Waals surface area contributed by atoms with Gasteiger partial charge in [-0.1, -0.05) is 0 Å². The molecule has 2 fully saturated rings. The molecule has 0 aliphatic carbocycles. The van der Waals surface area contributed by atoms with Crippen LogP contribution in [-0.4, -0.2) is 42.6 Å². The fourth-order valence-corrected chi connectivity index (χ4v) is 2.35. The van der Waals surface area contributed by atoms with E-state index in [9.17, 15) is 4.79 Å². The molecule has 0 bridgehead atoms. The van der Waals surface area contributed by atoms with Gasteiger partial charge in [-0.2, -0.15) is 0 Å². The Hall–Kier alpha value is -0.610. The van der Waals surface area contributed by atoms with E-state index in [0.29, 0.717) is 12.5 Å². The van der Waals surface area contributed by atoms with E-state index in [1.807, 2.05) is 4.90 Å². The molecule has 0 aromatic carbocycles. The zero-order valence-corrected chi connectivity index (χ0v) is 9.15. The maximum absolute atomic E-state index is 11.5. The van der Waals surface area contributed by atoms with Crippen molar-refractivity contribution < 1.29 is 9.53 Å².